The summed E-state index contributed by atoms with van der Waals surface area (Å²) in [6.45, 7) is 12.7. The monoisotopic (exact) mass is 333 g/mol. The van der Waals surface area contributed by atoms with Gasteiger partial charge < -0.3 is 5.11 Å². The van der Waals surface area contributed by atoms with Crippen LogP contribution in [0.1, 0.15) is 34.6 Å². The number of hydrogen-bond donors (Lipinski definition) is 1. The standard InChI is InChI=1S/C10H15.C5H6NO.Ru/c1-6-7(2)9(4)10(5)8(6)3;7-4-5-2-1-3-6-5;/h1-5H3;1-3,7H,4H2;/q;;+2. The molecule has 1 heterocycles. The first kappa shape index (κ1) is 18.5. The molecule has 0 unspecified atom stereocenters. The van der Waals surface area contributed by atoms with Crippen molar-refractivity contribution in [2.75, 3.05) is 6.61 Å². The smallest absolute Gasteiger partial charge is 0.394 e. The molecule has 0 amide bonds. The Hall–Kier alpha value is 0.543. The molecule has 10 radical (unpaired) electrons. The second kappa shape index (κ2) is 8.66. The quantitative estimate of drug-likeness (QED) is 0.736. The SMILES string of the molecule is C[C]1[C](C)[C](C)[C](C)[C]1C.OC[C]1[CH][CH][CH][N]1.[Ru+2]. The van der Waals surface area contributed by atoms with Crippen molar-refractivity contribution < 1.29 is 24.6 Å². The number of nitrogens with zero attached hydrogens (tertiary/aromatic N) is 1. The maximum atomic E-state index is 8.36. The molecule has 2 aliphatic rings. The summed E-state index contributed by atoms with van der Waals surface area (Å²) in [4.78, 5) is 0. The van der Waals surface area contributed by atoms with Crippen LogP contribution in [0.2, 0.25) is 0 Å². The normalized spacial score (nSPS) is 25.0. The van der Waals surface area contributed by atoms with Gasteiger partial charge in [-0.2, -0.15) is 0 Å². The molecule has 98 valence electrons. The summed E-state index contributed by atoms with van der Waals surface area (Å²) >= 11 is 0. The fraction of sp³-hybridized carbons (Fsp3) is 0.400. The molecule has 0 spiro atoms. The summed E-state index contributed by atoms with van der Waals surface area (Å²) in [6.07, 6.45) is 3.57. The van der Waals surface area contributed by atoms with Crippen LogP contribution in [0.15, 0.2) is 0 Å². The number of hydrogen-bond acceptors (Lipinski definition) is 1. The Morgan fingerprint density at radius 3 is 1.44 bits per heavy atom. The molecular formula is C15H21NORu+2. The second-order valence-electron chi connectivity index (χ2n) is 4.41. The third-order valence-electron chi connectivity index (χ3n) is 3.59. The van der Waals surface area contributed by atoms with Gasteiger partial charge >= 0.3 is 19.5 Å². The Labute approximate surface area is 126 Å². The molecule has 0 atom stereocenters. The van der Waals surface area contributed by atoms with Gasteiger partial charge in [0.2, 0.25) is 0 Å². The molecule has 1 saturated heterocycles. The average Bonchev–Trinajstić information content (AvgIpc) is 2.92. The summed E-state index contributed by atoms with van der Waals surface area (Å²) in [5.41, 5.74) is 0. The van der Waals surface area contributed by atoms with Gasteiger partial charge in [0.05, 0.1) is 12.6 Å². The Morgan fingerprint density at radius 2 is 1.28 bits per heavy atom. The first-order valence-electron chi connectivity index (χ1n) is 5.86. The van der Waals surface area contributed by atoms with Crippen molar-refractivity contribution >= 4 is 0 Å². The van der Waals surface area contributed by atoms with Crippen LogP contribution in [-0.2, 0) is 19.5 Å². The predicted molar refractivity (Wildman–Crippen MR) is 69.9 cm³/mol. The maximum absolute atomic E-state index is 8.36. The van der Waals surface area contributed by atoms with E-state index in [0.717, 1.165) is 6.04 Å². The van der Waals surface area contributed by atoms with Crippen LogP contribution in [0.5, 0.6) is 0 Å². The predicted octanol–water partition coefficient (Wildman–Crippen LogP) is 2.67. The largest absolute Gasteiger partial charge is 2.00 e. The van der Waals surface area contributed by atoms with Crippen molar-refractivity contribution in [3.63, 3.8) is 0 Å². The van der Waals surface area contributed by atoms with E-state index in [9.17, 15) is 0 Å². The van der Waals surface area contributed by atoms with Crippen LogP contribution >= 0.6 is 0 Å². The van der Waals surface area contributed by atoms with E-state index in [4.69, 9.17) is 5.11 Å². The van der Waals surface area contributed by atoms with Crippen molar-refractivity contribution in [3.05, 3.63) is 55.0 Å². The van der Waals surface area contributed by atoms with Crippen LogP contribution < -0.4 is 5.32 Å². The van der Waals surface area contributed by atoms with E-state index in [2.05, 4.69) is 39.9 Å². The number of aliphatic hydroxyl groups is 1. The van der Waals surface area contributed by atoms with Gasteiger partial charge in [0.25, 0.3) is 0 Å². The zero-order valence-electron chi connectivity index (χ0n) is 11.7. The van der Waals surface area contributed by atoms with Gasteiger partial charge in [0, 0.05) is 6.54 Å². The summed E-state index contributed by atoms with van der Waals surface area (Å²) < 4.78 is 0. The van der Waals surface area contributed by atoms with E-state index in [-0.39, 0.29) is 26.1 Å². The maximum Gasteiger partial charge on any atom is 2.00 e. The first-order chi connectivity index (χ1) is 7.99. The Balaban J connectivity index is 0.000000321. The molecule has 0 aromatic heterocycles. The molecule has 2 fully saturated rings. The summed E-state index contributed by atoms with van der Waals surface area (Å²) in [5, 5.41) is 12.1. The van der Waals surface area contributed by atoms with Gasteiger partial charge in [0.15, 0.2) is 0 Å². The minimum absolute atomic E-state index is 0. The third kappa shape index (κ3) is 4.58. The summed E-state index contributed by atoms with van der Waals surface area (Å²) in [6, 6.07) is 0.736. The van der Waals surface area contributed by atoms with E-state index in [1.807, 2.05) is 0 Å². The Kier molecular flexibility index (Phi) is 8.92. The molecule has 3 heteroatoms. The van der Waals surface area contributed by atoms with Crippen LogP contribution in [0.25, 0.3) is 0 Å². The van der Waals surface area contributed by atoms with Gasteiger partial charge in [-0.15, -0.1) is 0 Å². The van der Waals surface area contributed by atoms with Gasteiger partial charge in [0.1, 0.15) is 0 Å². The third-order valence-corrected chi connectivity index (χ3v) is 3.59. The van der Waals surface area contributed by atoms with E-state index in [1.165, 1.54) is 29.6 Å². The zero-order chi connectivity index (χ0) is 13.0. The van der Waals surface area contributed by atoms with Gasteiger partial charge in [-0.05, 0) is 42.4 Å². The van der Waals surface area contributed by atoms with E-state index in [0.29, 0.717) is 0 Å². The van der Waals surface area contributed by atoms with Crippen molar-refractivity contribution in [2.45, 2.75) is 34.6 Å². The van der Waals surface area contributed by atoms with Gasteiger partial charge in [-0.3, -0.25) is 0 Å². The molecular weight excluding hydrogens is 311 g/mol. The molecule has 1 aliphatic carbocycles. The Bertz CT molecular complexity index is 174. The minimum Gasteiger partial charge on any atom is -0.394 e. The van der Waals surface area contributed by atoms with E-state index in [1.54, 1.807) is 19.4 Å². The van der Waals surface area contributed by atoms with Gasteiger partial charge in [-0.1, -0.05) is 34.6 Å². The molecule has 2 nitrogen and oxygen atoms in total. The minimum atomic E-state index is 0. The fourth-order valence-corrected chi connectivity index (χ4v) is 1.84. The summed E-state index contributed by atoms with van der Waals surface area (Å²) in [5.74, 6) is 7.34. The van der Waals surface area contributed by atoms with Crippen molar-refractivity contribution in [1.82, 2.24) is 5.32 Å². The number of rotatable bonds is 1. The Morgan fingerprint density at radius 1 is 0.889 bits per heavy atom. The number of aliphatic hydroxyl groups excluding tert-OH is 1. The molecule has 1 saturated carbocycles. The van der Waals surface area contributed by atoms with Crippen LogP contribution in [0.4, 0.5) is 0 Å². The molecule has 18 heavy (non-hydrogen) atoms. The van der Waals surface area contributed by atoms with Crippen LogP contribution in [0, 0.1) is 55.0 Å². The average molecular weight is 332 g/mol. The van der Waals surface area contributed by atoms with E-state index >= 15 is 0 Å². The second-order valence-corrected chi connectivity index (χ2v) is 4.41. The molecule has 2 rings (SSSR count). The van der Waals surface area contributed by atoms with Crippen molar-refractivity contribution in [1.29, 1.82) is 0 Å². The molecule has 0 aromatic rings. The van der Waals surface area contributed by atoms with Gasteiger partial charge in [-0.25, -0.2) is 5.32 Å². The van der Waals surface area contributed by atoms with Crippen molar-refractivity contribution in [2.24, 2.45) is 0 Å². The molecule has 1 N–H and O–H groups in total. The topological polar surface area (TPSA) is 34.3 Å². The van der Waals surface area contributed by atoms with E-state index < -0.39 is 0 Å². The molecule has 0 bridgehead atoms. The van der Waals surface area contributed by atoms with Crippen molar-refractivity contribution in [3.8, 4) is 0 Å². The molecule has 0 aromatic carbocycles. The van der Waals surface area contributed by atoms with Crippen LogP contribution in [0.3, 0.4) is 0 Å². The summed E-state index contributed by atoms with van der Waals surface area (Å²) in [7, 11) is 0. The van der Waals surface area contributed by atoms with Crippen LogP contribution in [-0.4, -0.2) is 11.7 Å². The first-order valence-corrected chi connectivity index (χ1v) is 5.86. The zero-order valence-corrected chi connectivity index (χ0v) is 13.4. The fourth-order valence-electron chi connectivity index (χ4n) is 1.84. The molecule has 1 aliphatic heterocycles.